The molecule has 1 aromatic heterocycles. The first-order valence-electron chi connectivity index (χ1n) is 5.80. The van der Waals surface area contributed by atoms with Gasteiger partial charge in [0.25, 0.3) is 11.4 Å². The maximum atomic E-state index is 11.1. The first-order valence-corrected chi connectivity index (χ1v) is 5.80. The smallest absolute Gasteiger partial charge is 0.293 e. The van der Waals surface area contributed by atoms with Crippen molar-refractivity contribution in [1.82, 2.24) is 4.57 Å². The third-order valence-electron chi connectivity index (χ3n) is 3.39. The Hall–Kier alpha value is -2.96. The summed E-state index contributed by atoms with van der Waals surface area (Å²) in [4.78, 5) is 21.0. The summed E-state index contributed by atoms with van der Waals surface area (Å²) in [7, 11) is 1.71. The number of non-ortho nitro benzene ring substituents is 2. The lowest BCUT2D eigenvalue weighted by molar-refractivity contribution is -0.384. The molecule has 0 radical (unpaired) electrons. The summed E-state index contributed by atoms with van der Waals surface area (Å²) in [5, 5.41) is 23.2. The molecule has 3 rings (SSSR count). The van der Waals surface area contributed by atoms with Crippen LogP contribution in [0.1, 0.15) is 0 Å². The molecule has 0 unspecified atom stereocenters. The first-order chi connectivity index (χ1) is 9.50. The van der Waals surface area contributed by atoms with Crippen LogP contribution >= 0.6 is 0 Å². The molecule has 20 heavy (non-hydrogen) atoms. The van der Waals surface area contributed by atoms with Crippen LogP contribution in [0, 0.1) is 20.2 Å². The van der Waals surface area contributed by atoms with E-state index in [1.54, 1.807) is 29.8 Å². The van der Waals surface area contributed by atoms with Crippen molar-refractivity contribution >= 4 is 33.2 Å². The fraction of sp³-hybridized carbons (Fsp3) is 0.0769. The lowest BCUT2D eigenvalue weighted by atomic mass is 10.1. The largest absolute Gasteiger partial charge is 0.338 e. The van der Waals surface area contributed by atoms with Gasteiger partial charge >= 0.3 is 0 Å². The maximum Gasteiger partial charge on any atom is 0.293 e. The Morgan fingerprint density at radius 3 is 2.40 bits per heavy atom. The highest BCUT2D eigenvalue weighted by Gasteiger charge is 2.19. The minimum absolute atomic E-state index is 0.0103. The molecule has 0 spiro atoms. The van der Waals surface area contributed by atoms with Gasteiger partial charge in [0.2, 0.25) is 0 Å². The highest BCUT2D eigenvalue weighted by atomic mass is 16.6. The van der Waals surface area contributed by atoms with Crippen LogP contribution in [0.25, 0.3) is 21.8 Å². The monoisotopic (exact) mass is 271 g/mol. The van der Waals surface area contributed by atoms with Gasteiger partial charge in [-0.05, 0) is 6.07 Å². The van der Waals surface area contributed by atoms with Gasteiger partial charge in [0.05, 0.1) is 9.85 Å². The summed E-state index contributed by atoms with van der Waals surface area (Å²) in [6.07, 6.45) is 0. The van der Waals surface area contributed by atoms with Gasteiger partial charge < -0.3 is 4.57 Å². The van der Waals surface area contributed by atoms with Crippen molar-refractivity contribution in [3.8, 4) is 0 Å². The van der Waals surface area contributed by atoms with E-state index >= 15 is 0 Å². The Labute approximate surface area is 112 Å². The van der Waals surface area contributed by atoms with Crippen molar-refractivity contribution in [1.29, 1.82) is 0 Å². The number of aryl methyl sites for hydroxylation is 1. The number of nitro benzene ring substituents is 2. The molecule has 0 aliphatic carbocycles. The number of hydrogen-bond acceptors (Lipinski definition) is 4. The molecular weight excluding hydrogens is 262 g/mol. The Balaban J connectivity index is 2.51. The van der Waals surface area contributed by atoms with Crippen LogP contribution in [-0.4, -0.2) is 14.4 Å². The molecule has 1 heterocycles. The zero-order chi connectivity index (χ0) is 14.4. The summed E-state index contributed by atoms with van der Waals surface area (Å²) in [5.74, 6) is 0. The second-order valence-electron chi connectivity index (χ2n) is 4.45. The number of nitrogens with zero attached hydrogens (tertiary/aromatic N) is 3. The van der Waals surface area contributed by atoms with E-state index in [0.717, 1.165) is 5.52 Å². The van der Waals surface area contributed by atoms with Crippen LogP contribution in [0.4, 0.5) is 11.4 Å². The first kappa shape index (κ1) is 12.1. The van der Waals surface area contributed by atoms with Crippen LogP contribution in [-0.2, 0) is 7.05 Å². The summed E-state index contributed by atoms with van der Waals surface area (Å²) in [6, 6.07) is 9.19. The molecule has 0 bridgehead atoms. The van der Waals surface area contributed by atoms with Gasteiger partial charge in [0, 0.05) is 41.5 Å². The summed E-state index contributed by atoms with van der Waals surface area (Å²) >= 11 is 0. The van der Waals surface area contributed by atoms with E-state index in [2.05, 4.69) is 0 Å². The molecule has 3 aromatic rings. The fourth-order valence-corrected chi connectivity index (χ4v) is 2.51. The summed E-state index contributed by atoms with van der Waals surface area (Å²) < 4.78 is 1.69. The SMILES string of the molecule is Cn1c2ccc([N+](=O)[O-])cc2c2cccc([N+](=O)[O-])c21. The standard InChI is InChI=1S/C13H9N3O4/c1-14-11-6-5-8(15(17)18)7-10(11)9-3-2-4-12(13(9)14)16(19)20/h2-7H,1H3. The molecule has 0 amide bonds. The molecule has 0 atom stereocenters. The third-order valence-corrected chi connectivity index (χ3v) is 3.39. The van der Waals surface area contributed by atoms with Crippen molar-refractivity contribution in [3.63, 3.8) is 0 Å². The average Bonchev–Trinajstić information content (AvgIpc) is 2.72. The number of nitro groups is 2. The van der Waals surface area contributed by atoms with Crippen molar-refractivity contribution in [2.75, 3.05) is 0 Å². The van der Waals surface area contributed by atoms with Gasteiger partial charge in [-0.3, -0.25) is 20.2 Å². The van der Waals surface area contributed by atoms with E-state index in [4.69, 9.17) is 0 Å². The zero-order valence-electron chi connectivity index (χ0n) is 10.4. The van der Waals surface area contributed by atoms with E-state index < -0.39 is 9.85 Å². The molecule has 2 aromatic carbocycles. The Bertz CT molecular complexity index is 882. The molecule has 0 fully saturated rings. The van der Waals surface area contributed by atoms with Crippen LogP contribution in [0.2, 0.25) is 0 Å². The van der Waals surface area contributed by atoms with Crippen LogP contribution < -0.4 is 0 Å². The molecule has 100 valence electrons. The molecule has 7 heteroatoms. The van der Waals surface area contributed by atoms with Gasteiger partial charge in [-0.15, -0.1) is 0 Å². The molecule has 0 saturated heterocycles. The zero-order valence-corrected chi connectivity index (χ0v) is 10.4. The van der Waals surface area contributed by atoms with Crippen molar-refractivity contribution in [2.45, 2.75) is 0 Å². The number of aromatic nitrogens is 1. The fourth-order valence-electron chi connectivity index (χ4n) is 2.51. The highest BCUT2D eigenvalue weighted by molar-refractivity contribution is 6.11. The van der Waals surface area contributed by atoms with Crippen LogP contribution in [0.15, 0.2) is 36.4 Å². The second-order valence-corrected chi connectivity index (χ2v) is 4.45. The maximum absolute atomic E-state index is 11.1. The van der Waals surface area contributed by atoms with E-state index in [0.29, 0.717) is 16.3 Å². The second kappa shape index (κ2) is 4.02. The van der Waals surface area contributed by atoms with Gasteiger partial charge in [0.1, 0.15) is 5.52 Å². The van der Waals surface area contributed by atoms with Crippen molar-refractivity contribution in [2.24, 2.45) is 7.05 Å². The molecule has 0 aliphatic heterocycles. The summed E-state index contributed by atoms with van der Waals surface area (Å²) in [5.41, 5.74) is 1.15. The van der Waals surface area contributed by atoms with E-state index in [1.807, 2.05) is 0 Å². The van der Waals surface area contributed by atoms with Crippen LogP contribution in [0.3, 0.4) is 0 Å². The van der Waals surface area contributed by atoms with Gasteiger partial charge in [-0.2, -0.15) is 0 Å². The number of benzene rings is 2. The lowest BCUT2D eigenvalue weighted by Gasteiger charge is -1.98. The third kappa shape index (κ3) is 1.53. The van der Waals surface area contributed by atoms with Gasteiger partial charge in [-0.25, -0.2) is 0 Å². The lowest BCUT2D eigenvalue weighted by Crippen LogP contribution is -1.93. The number of rotatable bonds is 2. The predicted molar refractivity (Wildman–Crippen MR) is 73.7 cm³/mol. The molecule has 0 N–H and O–H groups in total. The van der Waals surface area contributed by atoms with Crippen molar-refractivity contribution in [3.05, 3.63) is 56.6 Å². The topological polar surface area (TPSA) is 91.2 Å². The molecular formula is C13H9N3O4. The quantitative estimate of drug-likeness (QED) is 0.528. The van der Waals surface area contributed by atoms with Crippen LogP contribution in [0.5, 0.6) is 0 Å². The molecule has 0 aliphatic rings. The predicted octanol–water partition coefficient (Wildman–Crippen LogP) is 3.15. The number of hydrogen-bond donors (Lipinski definition) is 0. The Morgan fingerprint density at radius 1 is 1.00 bits per heavy atom. The molecule has 0 saturated carbocycles. The van der Waals surface area contributed by atoms with Gasteiger partial charge in [0.15, 0.2) is 0 Å². The minimum Gasteiger partial charge on any atom is -0.338 e. The average molecular weight is 271 g/mol. The van der Waals surface area contributed by atoms with Crippen molar-refractivity contribution < 1.29 is 9.85 Å². The number of fused-ring (bicyclic) bond motifs is 3. The molecule has 7 nitrogen and oxygen atoms in total. The number of para-hydroxylation sites is 1. The van der Waals surface area contributed by atoms with E-state index in [-0.39, 0.29) is 11.4 Å². The van der Waals surface area contributed by atoms with E-state index in [9.17, 15) is 20.2 Å². The Kier molecular flexibility index (Phi) is 2.43. The Morgan fingerprint density at radius 2 is 1.75 bits per heavy atom. The van der Waals surface area contributed by atoms with E-state index in [1.165, 1.54) is 18.2 Å². The van der Waals surface area contributed by atoms with Gasteiger partial charge in [-0.1, -0.05) is 12.1 Å². The normalized spacial score (nSPS) is 11.1. The highest BCUT2D eigenvalue weighted by Crippen LogP contribution is 2.35. The summed E-state index contributed by atoms with van der Waals surface area (Å²) in [6.45, 7) is 0. The minimum atomic E-state index is -0.477.